The first-order chi connectivity index (χ1) is 24.4. The number of carboxylic acid groups (broad SMARTS) is 1. The molecule has 0 unspecified atom stereocenters. The van der Waals surface area contributed by atoms with Gasteiger partial charge in [0.05, 0.1) is 51.5 Å². The molecule has 4 rings (SSSR count). The van der Waals surface area contributed by atoms with E-state index in [1.807, 2.05) is 0 Å². The van der Waals surface area contributed by atoms with E-state index in [0.29, 0.717) is 34.4 Å². The normalized spacial score (nSPS) is 11.6. The molecule has 0 spiro atoms. The van der Waals surface area contributed by atoms with E-state index in [9.17, 15) is 36.2 Å². The van der Waals surface area contributed by atoms with Crippen molar-refractivity contribution in [2.24, 2.45) is 0 Å². The molecule has 0 atom stereocenters. The van der Waals surface area contributed by atoms with Gasteiger partial charge in [-0.1, -0.05) is 13.8 Å². The topological polar surface area (TPSA) is 106 Å². The number of rotatable bonds is 15. The molecule has 0 radical (unpaired) electrons. The number of anilines is 1. The summed E-state index contributed by atoms with van der Waals surface area (Å²) in [4.78, 5) is 20.6. The summed E-state index contributed by atoms with van der Waals surface area (Å²) < 4.78 is 120. The number of methoxy groups -OCH3 is 3. The van der Waals surface area contributed by atoms with Gasteiger partial charge >= 0.3 is 41.9 Å². The number of carbonyl (C=O) groups is 1. The Morgan fingerprint density at radius 3 is 1.87 bits per heavy atom. The van der Waals surface area contributed by atoms with Gasteiger partial charge < -0.3 is 33.7 Å². The molecule has 0 amide bonds. The third kappa shape index (κ3) is 11.1. The Hall–Kier alpha value is -4.28. The maximum absolute atomic E-state index is 15.1. The van der Waals surface area contributed by atoms with E-state index in [1.54, 1.807) is 32.0 Å². The first-order valence-electron chi connectivity index (χ1n) is 15.8. The number of ether oxygens (including phenoxy) is 4. The Labute approximate surface area is 323 Å². The van der Waals surface area contributed by atoms with Crippen molar-refractivity contribution in [3.05, 3.63) is 88.5 Å². The first-order valence-corrected chi connectivity index (χ1v) is 15.8. The van der Waals surface area contributed by atoms with Crippen molar-refractivity contribution in [1.82, 2.24) is 9.97 Å². The van der Waals surface area contributed by atoms with Gasteiger partial charge in [-0.3, -0.25) is 0 Å². The molecule has 0 aliphatic rings. The van der Waals surface area contributed by atoms with Crippen LogP contribution in [-0.2, 0) is 30.2 Å². The van der Waals surface area contributed by atoms with Gasteiger partial charge in [-0.15, -0.1) is 0 Å². The fourth-order valence-corrected chi connectivity index (χ4v) is 5.38. The van der Waals surface area contributed by atoms with Crippen molar-refractivity contribution in [1.29, 1.82) is 0 Å². The van der Waals surface area contributed by atoms with Gasteiger partial charge in [-0.25, -0.2) is 14.4 Å². The number of hydrogen-bond donors (Lipinski definition) is 0. The maximum atomic E-state index is 15.1. The zero-order valence-electron chi connectivity index (χ0n) is 29.7. The number of hydrogen-bond acceptors (Lipinski definition) is 9. The number of halogens is 7. The molecule has 0 fully saturated rings. The zero-order valence-corrected chi connectivity index (χ0v) is 31.7. The standard InChI is InChI=1S/C36H36F7N3O6.Na/c1-20(2)26-13-28(30(49-3)15-29(26)37)27-14-32(51-5)31(50-4)11-22(27)19-46(34-44-16-25(17-45-34)52-8-6-7-33(47)48)18-21-9-23(35(38,39)40)12-24(10-21)36(41,42)43;/h9-17,20H,6-8,18-19H2,1-5H3,(H,47,48);/q;+1/p-1. The van der Waals surface area contributed by atoms with Crippen molar-refractivity contribution in [3.8, 4) is 34.1 Å². The first kappa shape index (κ1) is 43.1. The third-order valence-electron chi connectivity index (χ3n) is 7.91. The van der Waals surface area contributed by atoms with Crippen LogP contribution in [-0.4, -0.2) is 43.9 Å². The average Bonchev–Trinajstić information content (AvgIpc) is 3.08. The molecular formula is C36H35F7N3NaO6. The summed E-state index contributed by atoms with van der Waals surface area (Å²) in [6.45, 7) is 2.81. The molecule has 0 saturated carbocycles. The van der Waals surface area contributed by atoms with E-state index < -0.39 is 41.8 Å². The Morgan fingerprint density at radius 1 is 0.792 bits per heavy atom. The van der Waals surface area contributed by atoms with Crippen molar-refractivity contribution in [2.75, 3.05) is 32.8 Å². The molecule has 0 aliphatic carbocycles. The average molecular weight is 762 g/mol. The molecule has 0 N–H and O–H groups in total. The van der Waals surface area contributed by atoms with Crippen LogP contribution in [0, 0.1) is 5.82 Å². The van der Waals surface area contributed by atoms with Gasteiger partial charge in [-0.2, -0.15) is 26.3 Å². The molecule has 3 aromatic carbocycles. The number of aromatic nitrogens is 2. The van der Waals surface area contributed by atoms with Crippen molar-refractivity contribution < 1.29 is 89.1 Å². The summed E-state index contributed by atoms with van der Waals surface area (Å²) in [5.41, 5.74) is -1.73. The zero-order chi connectivity index (χ0) is 38.4. The predicted octanol–water partition coefficient (Wildman–Crippen LogP) is 4.59. The maximum Gasteiger partial charge on any atom is 1.00 e. The van der Waals surface area contributed by atoms with Crippen molar-refractivity contribution in [2.45, 2.75) is 58.0 Å². The van der Waals surface area contributed by atoms with E-state index in [0.717, 1.165) is 0 Å². The number of aliphatic carboxylic acids is 1. The minimum absolute atomic E-state index is 0. The van der Waals surface area contributed by atoms with Gasteiger partial charge in [0.1, 0.15) is 11.6 Å². The van der Waals surface area contributed by atoms with Crippen LogP contribution in [0.1, 0.15) is 60.4 Å². The van der Waals surface area contributed by atoms with Gasteiger partial charge in [0.15, 0.2) is 17.2 Å². The van der Waals surface area contributed by atoms with E-state index in [-0.39, 0.29) is 102 Å². The number of alkyl halides is 6. The molecule has 0 bridgehead atoms. The van der Waals surface area contributed by atoms with Crippen LogP contribution in [0.2, 0.25) is 0 Å². The number of carbonyl (C=O) groups excluding carboxylic acids is 1. The number of carboxylic acids is 1. The summed E-state index contributed by atoms with van der Waals surface area (Å²) in [7, 11) is 4.13. The summed E-state index contributed by atoms with van der Waals surface area (Å²) in [6.07, 6.45) is -7.84. The fraction of sp³-hybridized carbons (Fsp3) is 0.361. The fourth-order valence-electron chi connectivity index (χ4n) is 5.38. The Bertz CT molecular complexity index is 1840. The van der Waals surface area contributed by atoms with E-state index >= 15 is 4.39 Å². The summed E-state index contributed by atoms with van der Waals surface area (Å²) in [5, 5.41) is 10.7. The molecule has 17 heteroatoms. The van der Waals surface area contributed by atoms with Crippen LogP contribution in [0.25, 0.3) is 11.1 Å². The second-order valence-corrected chi connectivity index (χ2v) is 11.9. The minimum atomic E-state index is -5.09. The van der Waals surface area contributed by atoms with Crippen LogP contribution < -0.4 is 58.5 Å². The minimum Gasteiger partial charge on any atom is -0.550 e. The van der Waals surface area contributed by atoms with Gasteiger partial charge in [0.25, 0.3) is 0 Å². The Morgan fingerprint density at radius 2 is 1.36 bits per heavy atom. The molecule has 4 aromatic rings. The Balaban J connectivity index is 0.00000756. The summed E-state index contributed by atoms with van der Waals surface area (Å²) in [6, 6.07) is 7.26. The van der Waals surface area contributed by atoms with Crippen LogP contribution in [0.5, 0.6) is 23.0 Å². The molecule has 0 saturated heterocycles. The molecular weight excluding hydrogens is 726 g/mol. The number of nitrogens with zero attached hydrogens (tertiary/aromatic N) is 3. The molecule has 1 aromatic heterocycles. The smallest absolute Gasteiger partial charge is 0.550 e. The van der Waals surface area contributed by atoms with Crippen LogP contribution >= 0.6 is 0 Å². The quantitative estimate of drug-likeness (QED) is 0.0978. The number of benzene rings is 3. The van der Waals surface area contributed by atoms with E-state index in [1.165, 1.54) is 44.7 Å². The second-order valence-electron chi connectivity index (χ2n) is 11.9. The second kappa shape index (κ2) is 18.2. The summed E-state index contributed by atoms with van der Waals surface area (Å²) in [5.74, 6) is -1.34. The molecule has 0 aliphatic heterocycles. The van der Waals surface area contributed by atoms with Crippen LogP contribution in [0.3, 0.4) is 0 Å². The SMILES string of the molecule is COc1cc(CN(Cc2cc(C(F)(F)F)cc(C(F)(F)F)c2)c2ncc(OCCCC(=O)[O-])cn2)c(-c2cc(C(C)C)c(F)cc2OC)cc1OC.[Na+]. The Kier molecular flexibility index (Phi) is 14.8. The van der Waals surface area contributed by atoms with E-state index in [2.05, 4.69) is 9.97 Å². The van der Waals surface area contributed by atoms with Crippen molar-refractivity contribution >= 4 is 11.9 Å². The molecule has 280 valence electrons. The van der Waals surface area contributed by atoms with Crippen LogP contribution in [0.15, 0.2) is 54.9 Å². The largest absolute Gasteiger partial charge is 1.00 e. The van der Waals surface area contributed by atoms with Gasteiger partial charge in [0.2, 0.25) is 5.95 Å². The predicted molar refractivity (Wildman–Crippen MR) is 174 cm³/mol. The summed E-state index contributed by atoms with van der Waals surface area (Å²) >= 11 is 0. The van der Waals surface area contributed by atoms with Crippen LogP contribution in [0.4, 0.5) is 36.7 Å². The van der Waals surface area contributed by atoms with Gasteiger partial charge in [0, 0.05) is 30.7 Å². The van der Waals surface area contributed by atoms with Gasteiger partial charge in [-0.05, 0) is 77.4 Å². The van der Waals surface area contributed by atoms with Crippen molar-refractivity contribution in [3.63, 3.8) is 0 Å². The van der Waals surface area contributed by atoms with E-state index in [4.69, 9.17) is 18.9 Å². The molecule has 9 nitrogen and oxygen atoms in total. The molecule has 1 heterocycles. The molecule has 53 heavy (non-hydrogen) atoms. The monoisotopic (exact) mass is 761 g/mol. The third-order valence-corrected chi connectivity index (χ3v) is 7.91.